The Morgan fingerprint density at radius 2 is 1.78 bits per heavy atom. The monoisotopic (exact) mass is 312 g/mol. The van der Waals surface area contributed by atoms with Crippen molar-refractivity contribution in [3.63, 3.8) is 0 Å². The van der Waals surface area contributed by atoms with Gasteiger partial charge in [0.05, 0.1) is 14.2 Å². The van der Waals surface area contributed by atoms with E-state index in [4.69, 9.17) is 19.0 Å². The number of aliphatic hydroxyl groups is 1. The number of hydrogen-bond acceptors (Lipinski definition) is 4. The molecule has 1 heterocycles. The molecule has 3 rings (SSSR count). The highest BCUT2D eigenvalue weighted by Gasteiger charge is 2.12. The fraction of sp³-hybridized carbons (Fsp3) is 0.263. The molecule has 1 aromatic heterocycles. The molecule has 120 valence electrons. The van der Waals surface area contributed by atoms with Gasteiger partial charge in [-0.3, -0.25) is 0 Å². The SMILES string of the molecule is COc1ccc(-c2cc3cc(CCCO)cc(OC)c3o2)cc1. The smallest absolute Gasteiger partial charge is 0.176 e. The van der Waals surface area contributed by atoms with E-state index >= 15 is 0 Å². The van der Waals surface area contributed by atoms with Crippen molar-refractivity contribution in [2.24, 2.45) is 0 Å². The molecule has 0 aliphatic heterocycles. The van der Waals surface area contributed by atoms with Gasteiger partial charge in [-0.15, -0.1) is 0 Å². The molecule has 0 saturated carbocycles. The predicted molar refractivity (Wildman–Crippen MR) is 90.2 cm³/mol. The lowest BCUT2D eigenvalue weighted by Crippen LogP contribution is -1.91. The Hall–Kier alpha value is -2.46. The summed E-state index contributed by atoms with van der Waals surface area (Å²) in [6, 6.07) is 13.8. The second kappa shape index (κ2) is 6.75. The van der Waals surface area contributed by atoms with Gasteiger partial charge < -0.3 is 19.0 Å². The maximum atomic E-state index is 9.00. The fourth-order valence-electron chi connectivity index (χ4n) is 2.66. The minimum Gasteiger partial charge on any atom is -0.497 e. The summed E-state index contributed by atoms with van der Waals surface area (Å²) in [5.74, 6) is 2.32. The Bertz CT molecular complexity index is 787. The molecule has 23 heavy (non-hydrogen) atoms. The minimum atomic E-state index is 0.183. The van der Waals surface area contributed by atoms with E-state index in [0.29, 0.717) is 0 Å². The molecule has 0 saturated heterocycles. The van der Waals surface area contributed by atoms with Crippen LogP contribution in [0.2, 0.25) is 0 Å². The molecule has 0 aliphatic carbocycles. The molecule has 3 aromatic rings. The van der Waals surface area contributed by atoms with E-state index in [1.54, 1.807) is 14.2 Å². The molecule has 0 amide bonds. The first-order chi connectivity index (χ1) is 11.2. The lowest BCUT2D eigenvalue weighted by molar-refractivity contribution is 0.288. The molecular formula is C19H20O4. The highest BCUT2D eigenvalue weighted by Crippen LogP contribution is 2.35. The lowest BCUT2D eigenvalue weighted by atomic mass is 10.1. The van der Waals surface area contributed by atoms with E-state index in [0.717, 1.165) is 52.2 Å². The van der Waals surface area contributed by atoms with Gasteiger partial charge in [0.2, 0.25) is 0 Å². The van der Waals surface area contributed by atoms with Gasteiger partial charge in [-0.2, -0.15) is 0 Å². The van der Waals surface area contributed by atoms with Crippen molar-refractivity contribution in [3.05, 3.63) is 48.0 Å². The third kappa shape index (κ3) is 3.17. The standard InChI is InChI=1S/C19H20O4/c1-21-16-7-5-14(6-8-16)17-12-15-10-13(4-3-9-20)11-18(22-2)19(15)23-17/h5-8,10-12,20H,3-4,9H2,1-2H3. The number of fused-ring (bicyclic) bond motifs is 1. The van der Waals surface area contributed by atoms with Crippen LogP contribution >= 0.6 is 0 Å². The van der Waals surface area contributed by atoms with E-state index in [9.17, 15) is 0 Å². The summed E-state index contributed by atoms with van der Waals surface area (Å²) in [6.07, 6.45) is 1.55. The Labute approximate surface area is 135 Å². The summed E-state index contributed by atoms with van der Waals surface area (Å²) in [5, 5.41) is 10.0. The molecule has 0 fully saturated rings. The molecule has 4 heteroatoms. The first kappa shape index (κ1) is 15.4. The first-order valence-electron chi connectivity index (χ1n) is 7.61. The molecule has 4 nitrogen and oxygen atoms in total. The van der Waals surface area contributed by atoms with Crippen LogP contribution in [0.4, 0.5) is 0 Å². The van der Waals surface area contributed by atoms with Crippen molar-refractivity contribution >= 4 is 11.0 Å². The Balaban J connectivity index is 2.02. The van der Waals surface area contributed by atoms with Crippen LogP contribution < -0.4 is 9.47 Å². The Morgan fingerprint density at radius 3 is 2.43 bits per heavy atom. The number of aliphatic hydroxyl groups excluding tert-OH is 1. The average Bonchev–Trinajstić information content (AvgIpc) is 3.03. The fourth-order valence-corrected chi connectivity index (χ4v) is 2.66. The summed E-state index contributed by atoms with van der Waals surface area (Å²) in [5.41, 5.74) is 2.86. The third-order valence-corrected chi connectivity index (χ3v) is 3.86. The Morgan fingerprint density at radius 1 is 1.00 bits per heavy atom. The van der Waals surface area contributed by atoms with Gasteiger partial charge in [0, 0.05) is 17.6 Å². The zero-order chi connectivity index (χ0) is 16.2. The lowest BCUT2D eigenvalue weighted by Gasteiger charge is -2.05. The third-order valence-electron chi connectivity index (χ3n) is 3.86. The van der Waals surface area contributed by atoms with Crippen molar-refractivity contribution in [1.29, 1.82) is 0 Å². The van der Waals surface area contributed by atoms with Crippen LogP contribution in [0.15, 0.2) is 46.9 Å². The van der Waals surface area contributed by atoms with Gasteiger partial charge in [0.1, 0.15) is 11.5 Å². The number of methoxy groups -OCH3 is 2. The van der Waals surface area contributed by atoms with E-state index in [2.05, 4.69) is 6.07 Å². The van der Waals surface area contributed by atoms with E-state index < -0.39 is 0 Å². The van der Waals surface area contributed by atoms with Gasteiger partial charge in [-0.25, -0.2) is 0 Å². The van der Waals surface area contributed by atoms with Crippen molar-refractivity contribution < 1.29 is 19.0 Å². The van der Waals surface area contributed by atoms with Crippen molar-refractivity contribution in [2.75, 3.05) is 20.8 Å². The van der Waals surface area contributed by atoms with E-state index in [1.807, 2.05) is 36.4 Å². The zero-order valence-corrected chi connectivity index (χ0v) is 13.3. The molecule has 0 radical (unpaired) electrons. The Kier molecular flexibility index (Phi) is 4.53. The first-order valence-corrected chi connectivity index (χ1v) is 7.61. The maximum Gasteiger partial charge on any atom is 0.176 e. The molecule has 1 N–H and O–H groups in total. The van der Waals surface area contributed by atoms with Crippen LogP contribution in [-0.2, 0) is 6.42 Å². The molecule has 0 aliphatic rings. The van der Waals surface area contributed by atoms with Gasteiger partial charge in [-0.05, 0) is 60.9 Å². The van der Waals surface area contributed by atoms with Gasteiger partial charge in [-0.1, -0.05) is 0 Å². The van der Waals surface area contributed by atoms with Crippen molar-refractivity contribution in [3.8, 4) is 22.8 Å². The average molecular weight is 312 g/mol. The van der Waals surface area contributed by atoms with Crippen LogP contribution in [0.5, 0.6) is 11.5 Å². The molecular weight excluding hydrogens is 292 g/mol. The quantitative estimate of drug-likeness (QED) is 0.746. The molecule has 0 spiro atoms. The summed E-state index contributed by atoms with van der Waals surface area (Å²) in [4.78, 5) is 0. The van der Waals surface area contributed by atoms with Crippen LogP contribution in [-0.4, -0.2) is 25.9 Å². The largest absolute Gasteiger partial charge is 0.497 e. The number of aryl methyl sites for hydroxylation is 1. The second-order valence-corrected chi connectivity index (χ2v) is 5.38. The minimum absolute atomic E-state index is 0.183. The number of furan rings is 1. The van der Waals surface area contributed by atoms with Crippen LogP contribution in [0.3, 0.4) is 0 Å². The highest BCUT2D eigenvalue weighted by molar-refractivity contribution is 5.88. The number of benzene rings is 2. The summed E-state index contributed by atoms with van der Waals surface area (Å²) in [6.45, 7) is 0.183. The van der Waals surface area contributed by atoms with Gasteiger partial charge >= 0.3 is 0 Å². The number of ether oxygens (including phenoxy) is 2. The van der Waals surface area contributed by atoms with Crippen LogP contribution in [0.25, 0.3) is 22.3 Å². The predicted octanol–water partition coefficient (Wildman–Crippen LogP) is 4.04. The van der Waals surface area contributed by atoms with Crippen LogP contribution in [0, 0.1) is 0 Å². The zero-order valence-electron chi connectivity index (χ0n) is 13.3. The summed E-state index contributed by atoms with van der Waals surface area (Å²) in [7, 11) is 3.29. The number of rotatable bonds is 6. The topological polar surface area (TPSA) is 51.8 Å². The number of hydrogen-bond donors (Lipinski definition) is 1. The summed E-state index contributed by atoms with van der Waals surface area (Å²) >= 11 is 0. The maximum absolute atomic E-state index is 9.00. The normalized spacial score (nSPS) is 10.9. The van der Waals surface area contributed by atoms with Gasteiger partial charge in [0.15, 0.2) is 11.3 Å². The summed E-state index contributed by atoms with van der Waals surface area (Å²) < 4.78 is 16.6. The second-order valence-electron chi connectivity index (χ2n) is 5.38. The van der Waals surface area contributed by atoms with Crippen molar-refractivity contribution in [1.82, 2.24) is 0 Å². The highest BCUT2D eigenvalue weighted by atomic mass is 16.5. The molecule has 2 aromatic carbocycles. The van der Waals surface area contributed by atoms with E-state index in [-0.39, 0.29) is 6.61 Å². The van der Waals surface area contributed by atoms with Crippen molar-refractivity contribution in [2.45, 2.75) is 12.8 Å². The molecule has 0 unspecified atom stereocenters. The van der Waals surface area contributed by atoms with Gasteiger partial charge in [0.25, 0.3) is 0 Å². The molecule has 0 atom stereocenters. The van der Waals surface area contributed by atoms with Crippen LogP contribution in [0.1, 0.15) is 12.0 Å². The molecule has 0 bridgehead atoms. The van der Waals surface area contributed by atoms with E-state index in [1.165, 1.54) is 0 Å².